The van der Waals surface area contributed by atoms with Gasteiger partial charge < -0.3 is 19.7 Å². The number of nitrogens with one attached hydrogen (secondary N) is 1. The van der Waals surface area contributed by atoms with Crippen molar-refractivity contribution in [2.24, 2.45) is 5.92 Å². The molecule has 1 atom stereocenters. The highest BCUT2D eigenvalue weighted by atomic mass is 32.2. The van der Waals surface area contributed by atoms with Gasteiger partial charge in [0.25, 0.3) is 0 Å². The molecule has 184 valence electrons. The summed E-state index contributed by atoms with van der Waals surface area (Å²) in [7, 11) is -0.663. The molecule has 4 rings (SSSR count). The van der Waals surface area contributed by atoms with Gasteiger partial charge in [-0.2, -0.15) is 4.31 Å². The van der Waals surface area contributed by atoms with Crippen LogP contribution in [0.25, 0.3) is 0 Å². The number of fused-ring (bicyclic) bond motifs is 1. The standard InChI is InChI=1S/C23H29N3O5S3/c1-15-4-9-18-19(14-15)33-21(20(18)22(27)31-3)24-23(32)25-10-12-26(13-11-25)34(28,29)17-7-5-16(30-2)6-8-17/h5-8,15H,4,9-14H2,1-3H3,(H,24,32). The number of thiocarbonyl (C=S) groups is 1. The van der Waals surface area contributed by atoms with Crippen LogP contribution >= 0.6 is 23.6 Å². The Kier molecular flexibility index (Phi) is 7.46. The third-order valence-corrected chi connectivity index (χ3v) is 9.79. The van der Waals surface area contributed by atoms with Gasteiger partial charge in [-0.05, 0) is 67.2 Å². The molecule has 0 saturated carbocycles. The highest BCUT2D eigenvalue weighted by Gasteiger charge is 2.31. The maximum absolute atomic E-state index is 13.0. The molecule has 8 nitrogen and oxygen atoms in total. The maximum atomic E-state index is 13.0. The van der Waals surface area contributed by atoms with Crippen molar-refractivity contribution in [2.45, 2.75) is 31.1 Å². The normalized spacial score (nSPS) is 18.8. The van der Waals surface area contributed by atoms with Crippen molar-refractivity contribution in [3.63, 3.8) is 0 Å². The smallest absolute Gasteiger partial charge is 0.341 e. The first-order valence-electron chi connectivity index (χ1n) is 11.2. The number of nitrogens with zero attached hydrogens (tertiary/aromatic N) is 2. The lowest BCUT2D eigenvalue weighted by Crippen LogP contribution is -2.51. The molecule has 1 unspecified atom stereocenters. The van der Waals surface area contributed by atoms with Gasteiger partial charge in [0.2, 0.25) is 10.0 Å². The summed E-state index contributed by atoms with van der Waals surface area (Å²) < 4.78 is 37.7. The monoisotopic (exact) mass is 523 g/mol. The summed E-state index contributed by atoms with van der Waals surface area (Å²) in [5.74, 6) is 0.834. The number of hydrogen-bond donors (Lipinski definition) is 1. The van der Waals surface area contributed by atoms with E-state index in [1.165, 1.54) is 16.3 Å². The Balaban J connectivity index is 1.44. The number of hydrogen-bond acceptors (Lipinski definition) is 7. The number of esters is 1. The Bertz CT molecular complexity index is 1170. The molecule has 2 heterocycles. The van der Waals surface area contributed by atoms with Crippen LogP contribution in [0.15, 0.2) is 29.2 Å². The number of ether oxygens (including phenoxy) is 2. The average molecular weight is 524 g/mol. The lowest BCUT2D eigenvalue weighted by molar-refractivity contribution is 0.0600. The molecule has 1 aliphatic heterocycles. The van der Waals surface area contributed by atoms with E-state index in [-0.39, 0.29) is 10.9 Å². The van der Waals surface area contributed by atoms with Gasteiger partial charge in [0, 0.05) is 31.1 Å². The highest BCUT2D eigenvalue weighted by molar-refractivity contribution is 7.89. The van der Waals surface area contributed by atoms with Crippen LogP contribution in [-0.4, -0.2) is 69.1 Å². The maximum Gasteiger partial charge on any atom is 0.341 e. The number of thiophene rings is 1. The molecule has 11 heteroatoms. The fourth-order valence-corrected chi connectivity index (χ4v) is 7.53. The van der Waals surface area contributed by atoms with E-state index in [9.17, 15) is 13.2 Å². The minimum atomic E-state index is -3.60. The number of benzene rings is 1. The molecule has 34 heavy (non-hydrogen) atoms. The van der Waals surface area contributed by atoms with Gasteiger partial charge in [-0.3, -0.25) is 0 Å². The Morgan fingerprint density at radius 2 is 1.82 bits per heavy atom. The van der Waals surface area contributed by atoms with Crippen LogP contribution in [-0.2, 0) is 27.6 Å². The summed E-state index contributed by atoms with van der Waals surface area (Å²) in [4.78, 5) is 15.9. The second-order valence-corrected chi connectivity index (χ2v) is 12.0. The van der Waals surface area contributed by atoms with Crippen LogP contribution in [0.3, 0.4) is 0 Å². The lowest BCUT2D eigenvalue weighted by Gasteiger charge is -2.35. The van der Waals surface area contributed by atoms with Crippen molar-refractivity contribution in [3.8, 4) is 5.75 Å². The van der Waals surface area contributed by atoms with Crippen molar-refractivity contribution in [1.82, 2.24) is 9.21 Å². The van der Waals surface area contributed by atoms with Gasteiger partial charge >= 0.3 is 5.97 Å². The fourth-order valence-electron chi connectivity index (χ4n) is 4.36. The minimum Gasteiger partial charge on any atom is -0.497 e. The molecule has 1 N–H and O–H groups in total. The number of sulfonamides is 1. The Morgan fingerprint density at radius 1 is 1.15 bits per heavy atom. The zero-order valence-electron chi connectivity index (χ0n) is 19.5. The summed E-state index contributed by atoms with van der Waals surface area (Å²) in [5, 5.41) is 4.46. The number of piperazine rings is 1. The van der Waals surface area contributed by atoms with E-state index in [4.69, 9.17) is 21.7 Å². The third-order valence-electron chi connectivity index (χ3n) is 6.34. The second-order valence-electron chi connectivity index (χ2n) is 8.54. The second kappa shape index (κ2) is 10.2. The first-order valence-corrected chi connectivity index (χ1v) is 13.8. The number of rotatable bonds is 5. The highest BCUT2D eigenvalue weighted by Crippen LogP contribution is 2.40. The van der Waals surface area contributed by atoms with E-state index in [2.05, 4.69) is 12.2 Å². The van der Waals surface area contributed by atoms with Crippen molar-refractivity contribution >= 4 is 49.7 Å². The van der Waals surface area contributed by atoms with Gasteiger partial charge in [-0.15, -0.1) is 11.3 Å². The molecule has 1 fully saturated rings. The van der Waals surface area contributed by atoms with E-state index in [0.717, 1.165) is 24.8 Å². The van der Waals surface area contributed by atoms with Gasteiger partial charge in [-0.25, -0.2) is 13.2 Å². The summed E-state index contributed by atoms with van der Waals surface area (Å²) in [6.07, 6.45) is 2.84. The van der Waals surface area contributed by atoms with E-state index in [0.29, 0.717) is 53.5 Å². The van der Waals surface area contributed by atoms with Crippen LogP contribution in [0.5, 0.6) is 5.75 Å². The van der Waals surface area contributed by atoms with E-state index in [1.807, 2.05) is 4.90 Å². The predicted molar refractivity (Wildman–Crippen MR) is 136 cm³/mol. The van der Waals surface area contributed by atoms with Crippen LogP contribution in [0.2, 0.25) is 0 Å². The molecular formula is C23H29N3O5S3. The number of carbonyl (C=O) groups excluding carboxylic acids is 1. The van der Waals surface area contributed by atoms with Crippen LogP contribution in [0.1, 0.15) is 34.1 Å². The van der Waals surface area contributed by atoms with Crippen LogP contribution in [0.4, 0.5) is 5.00 Å². The number of carbonyl (C=O) groups is 1. The minimum absolute atomic E-state index is 0.239. The topological polar surface area (TPSA) is 88.2 Å². The SMILES string of the molecule is COC(=O)c1c(NC(=S)N2CCN(S(=O)(=O)c3ccc(OC)cc3)CC2)sc2c1CCC(C)C2. The summed E-state index contributed by atoms with van der Waals surface area (Å²) in [5.41, 5.74) is 1.65. The first kappa shape index (κ1) is 24.9. The van der Waals surface area contributed by atoms with Gasteiger partial charge in [0.15, 0.2) is 5.11 Å². The molecule has 0 radical (unpaired) electrons. The Morgan fingerprint density at radius 3 is 2.44 bits per heavy atom. The predicted octanol–water partition coefficient (Wildman–Crippen LogP) is 3.37. The first-order chi connectivity index (χ1) is 16.2. The molecule has 2 aromatic rings. The van der Waals surface area contributed by atoms with Crippen molar-refractivity contribution in [3.05, 3.63) is 40.3 Å². The van der Waals surface area contributed by atoms with Gasteiger partial charge in [-0.1, -0.05) is 6.92 Å². The zero-order chi connectivity index (χ0) is 24.5. The summed E-state index contributed by atoms with van der Waals surface area (Å²) in [6.45, 7) is 3.77. The van der Waals surface area contributed by atoms with Crippen molar-refractivity contribution in [1.29, 1.82) is 0 Å². The Labute approximate surface area is 209 Å². The molecule has 0 bridgehead atoms. The third kappa shape index (κ3) is 4.93. The molecule has 1 saturated heterocycles. The van der Waals surface area contributed by atoms with Gasteiger partial charge in [0.05, 0.1) is 24.7 Å². The summed E-state index contributed by atoms with van der Waals surface area (Å²) in [6, 6.07) is 6.39. The van der Waals surface area contributed by atoms with Crippen LogP contribution < -0.4 is 10.1 Å². The lowest BCUT2D eigenvalue weighted by atomic mass is 9.88. The zero-order valence-corrected chi connectivity index (χ0v) is 21.9. The van der Waals surface area contributed by atoms with Crippen molar-refractivity contribution in [2.75, 3.05) is 45.7 Å². The molecule has 0 amide bonds. The molecule has 0 spiro atoms. The van der Waals surface area contributed by atoms with Crippen LogP contribution in [0, 0.1) is 5.92 Å². The van der Waals surface area contributed by atoms with E-state index in [1.54, 1.807) is 42.7 Å². The number of anilines is 1. The largest absolute Gasteiger partial charge is 0.497 e. The molecule has 2 aliphatic rings. The molecule has 1 aromatic heterocycles. The number of methoxy groups -OCH3 is 2. The Hall–Kier alpha value is -2.21. The summed E-state index contributed by atoms with van der Waals surface area (Å²) >= 11 is 7.21. The molecule has 1 aromatic carbocycles. The van der Waals surface area contributed by atoms with Gasteiger partial charge in [0.1, 0.15) is 10.8 Å². The van der Waals surface area contributed by atoms with E-state index < -0.39 is 10.0 Å². The fraction of sp³-hybridized carbons (Fsp3) is 0.478. The average Bonchev–Trinajstić information content (AvgIpc) is 3.20. The molecular weight excluding hydrogens is 494 g/mol. The quantitative estimate of drug-likeness (QED) is 0.472. The van der Waals surface area contributed by atoms with E-state index >= 15 is 0 Å². The molecule has 1 aliphatic carbocycles. The van der Waals surface area contributed by atoms with Crippen molar-refractivity contribution < 1.29 is 22.7 Å².